The van der Waals surface area contributed by atoms with Crippen LogP contribution in [-0.4, -0.2) is 19.2 Å². The third kappa shape index (κ3) is 3.29. The van der Waals surface area contributed by atoms with Crippen molar-refractivity contribution in [2.45, 2.75) is 26.9 Å². The highest BCUT2D eigenvalue weighted by Crippen LogP contribution is 2.29. The summed E-state index contributed by atoms with van der Waals surface area (Å²) in [5, 5.41) is 3.40. The molecule has 0 spiro atoms. The molecule has 0 aliphatic rings. The summed E-state index contributed by atoms with van der Waals surface area (Å²) in [6.07, 6.45) is 1.73. The van der Waals surface area contributed by atoms with E-state index in [-0.39, 0.29) is 0 Å². The normalized spacial score (nSPS) is 10.6. The monoisotopic (exact) mass is 292 g/mol. The average Bonchev–Trinajstić information content (AvgIpc) is 2.77. The number of nitrogens with one attached hydrogen (secondary N) is 1. The third-order valence-corrected chi connectivity index (χ3v) is 4.33. The standard InChI is InChI=1S/C15H20N2O2S/c1-10-7-12(20-11(10)2)8-16-9-13-15(19-4)14(18-3)5-6-17-13/h5-7,16H,8-9H2,1-4H3. The zero-order valence-corrected chi connectivity index (χ0v) is 13.1. The first-order chi connectivity index (χ1) is 9.65. The Morgan fingerprint density at radius 2 is 2.00 bits per heavy atom. The Kier molecular flexibility index (Phi) is 4.98. The minimum atomic E-state index is 0.649. The van der Waals surface area contributed by atoms with E-state index < -0.39 is 0 Å². The SMILES string of the molecule is COc1ccnc(CNCc2cc(C)c(C)s2)c1OC. The first kappa shape index (κ1) is 14.8. The molecule has 2 heterocycles. The van der Waals surface area contributed by atoms with Gasteiger partial charge in [-0.1, -0.05) is 0 Å². The summed E-state index contributed by atoms with van der Waals surface area (Å²) in [6, 6.07) is 4.03. The van der Waals surface area contributed by atoms with Crippen LogP contribution >= 0.6 is 11.3 Å². The quantitative estimate of drug-likeness (QED) is 0.888. The molecule has 0 saturated carbocycles. The number of thiophene rings is 1. The minimum Gasteiger partial charge on any atom is -0.493 e. The van der Waals surface area contributed by atoms with E-state index in [2.05, 4.69) is 30.2 Å². The second-order valence-corrected chi connectivity index (χ2v) is 5.89. The number of methoxy groups -OCH3 is 2. The summed E-state index contributed by atoms with van der Waals surface area (Å²) in [5.41, 5.74) is 2.21. The van der Waals surface area contributed by atoms with Crippen LogP contribution in [0.3, 0.4) is 0 Å². The minimum absolute atomic E-state index is 0.649. The van der Waals surface area contributed by atoms with Gasteiger partial charge in [-0.2, -0.15) is 0 Å². The Bertz CT molecular complexity index is 562. The van der Waals surface area contributed by atoms with Gasteiger partial charge < -0.3 is 14.8 Å². The Labute approximate surface area is 123 Å². The highest BCUT2D eigenvalue weighted by molar-refractivity contribution is 7.12. The van der Waals surface area contributed by atoms with Crippen LogP contribution in [0.15, 0.2) is 18.3 Å². The molecule has 0 aromatic carbocycles. The maximum Gasteiger partial charge on any atom is 0.183 e. The van der Waals surface area contributed by atoms with Crippen LogP contribution in [-0.2, 0) is 13.1 Å². The summed E-state index contributed by atoms with van der Waals surface area (Å²) >= 11 is 1.83. The van der Waals surface area contributed by atoms with E-state index in [1.54, 1.807) is 26.5 Å². The van der Waals surface area contributed by atoms with Crippen LogP contribution in [0.1, 0.15) is 21.0 Å². The molecular formula is C15H20N2O2S. The zero-order valence-electron chi connectivity index (χ0n) is 12.3. The maximum atomic E-state index is 5.37. The lowest BCUT2D eigenvalue weighted by Gasteiger charge is -2.11. The van der Waals surface area contributed by atoms with E-state index in [0.29, 0.717) is 18.0 Å². The van der Waals surface area contributed by atoms with E-state index in [0.717, 1.165) is 12.2 Å². The summed E-state index contributed by atoms with van der Waals surface area (Å²) in [5.74, 6) is 1.41. The van der Waals surface area contributed by atoms with Crippen LogP contribution in [0.2, 0.25) is 0 Å². The van der Waals surface area contributed by atoms with Crippen molar-refractivity contribution in [3.8, 4) is 11.5 Å². The molecule has 0 radical (unpaired) electrons. The molecule has 5 heteroatoms. The molecule has 20 heavy (non-hydrogen) atoms. The Morgan fingerprint density at radius 3 is 2.60 bits per heavy atom. The Hall–Kier alpha value is -1.59. The van der Waals surface area contributed by atoms with Gasteiger partial charge in [-0.25, -0.2) is 0 Å². The second kappa shape index (κ2) is 6.72. The average molecular weight is 292 g/mol. The fraction of sp³-hybridized carbons (Fsp3) is 0.400. The van der Waals surface area contributed by atoms with Gasteiger partial charge in [0.1, 0.15) is 0 Å². The lowest BCUT2D eigenvalue weighted by molar-refractivity contribution is 0.348. The molecule has 2 aromatic rings. The molecule has 0 atom stereocenters. The molecule has 0 saturated heterocycles. The van der Waals surface area contributed by atoms with Gasteiger partial charge in [0.15, 0.2) is 11.5 Å². The van der Waals surface area contributed by atoms with E-state index in [1.165, 1.54) is 15.3 Å². The van der Waals surface area contributed by atoms with Crippen molar-refractivity contribution >= 4 is 11.3 Å². The number of hydrogen-bond acceptors (Lipinski definition) is 5. The maximum absolute atomic E-state index is 5.37. The Balaban J connectivity index is 2.00. The van der Waals surface area contributed by atoms with Crippen molar-refractivity contribution < 1.29 is 9.47 Å². The van der Waals surface area contributed by atoms with Gasteiger partial charge in [0, 0.05) is 35.1 Å². The molecule has 108 valence electrons. The van der Waals surface area contributed by atoms with Crippen molar-refractivity contribution in [2.24, 2.45) is 0 Å². The van der Waals surface area contributed by atoms with Crippen LogP contribution < -0.4 is 14.8 Å². The second-order valence-electron chi connectivity index (χ2n) is 4.55. The summed E-state index contributed by atoms with van der Waals surface area (Å²) in [6.45, 7) is 5.77. The highest BCUT2D eigenvalue weighted by atomic mass is 32.1. The molecule has 1 N–H and O–H groups in total. The molecule has 2 rings (SSSR count). The zero-order chi connectivity index (χ0) is 14.5. The predicted molar refractivity (Wildman–Crippen MR) is 81.7 cm³/mol. The Morgan fingerprint density at radius 1 is 1.20 bits per heavy atom. The predicted octanol–water partition coefficient (Wildman–Crippen LogP) is 3.07. The van der Waals surface area contributed by atoms with Crippen molar-refractivity contribution in [3.63, 3.8) is 0 Å². The smallest absolute Gasteiger partial charge is 0.183 e. The van der Waals surface area contributed by atoms with Gasteiger partial charge in [-0.3, -0.25) is 4.98 Å². The lowest BCUT2D eigenvalue weighted by Crippen LogP contribution is -2.14. The van der Waals surface area contributed by atoms with Crippen LogP contribution in [0.4, 0.5) is 0 Å². The molecule has 0 aliphatic heterocycles. The van der Waals surface area contributed by atoms with Gasteiger partial charge in [-0.05, 0) is 25.5 Å². The fourth-order valence-electron chi connectivity index (χ4n) is 2.02. The number of pyridine rings is 1. The first-order valence-electron chi connectivity index (χ1n) is 6.48. The molecule has 4 nitrogen and oxygen atoms in total. The topological polar surface area (TPSA) is 43.4 Å². The van der Waals surface area contributed by atoms with Crippen molar-refractivity contribution in [1.29, 1.82) is 0 Å². The van der Waals surface area contributed by atoms with E-state index in [1.807, 2.05) is 11.3 Å². The molecule has 0 bridgehead atoms. The number of aromatic nitrogens is 1. The third-order valence-electron chi connectivity index (χ3n) is 3.17. The van der Waals surface area contributed by atoms with Crippen LogP contribution in [0, 0.1) is 13.8 Å². The van der Waals surface area contributed by atoms with E-state index in [9.17, 15) is 0 Å². The van der Waals surface area contributed by atoms with Gasteiger partial charge in [-0.15, -0.1) is 11.3 Å². The van der Waals surface area contributed by atoms with E-state index >= 15 is 0 Å². The highest BCUT2D eigenvalue weighted by Gasteiger charge is 2.10. The van der Waals surface area contributed by atoms with Crippen molar-refractivity contribution in [2.75, 3.05) is 14.2 Å². The van der Waals surface area contributed by atoms with Crippen molar-refractivity contribution in [3.05, 3.63) is 39.3 Å². The fourth-order valence-corrected chi connectivity index (χ4v) is 3.04. The van der Waals surface area contributed by atoms with Crippen molar-refractivity contribution in [1.82, 2.24) is 10.3 Å². The largest absolute Gasteiger partial charge is 0.493 e. The summed E-state index contributed by atoms with van der Waals surface area (Å²) < 4.78 is 10.6. The number of hydrogen-bond donors (Lipinski definition) is 1. The van der Waals surface area contributed by atoms with Gasteiger partial charge >= 0.3 is 0 Å². The lowest BCUT2D eigenvalue weighted by atomic mass is 10.2. The number of rotatable bonds is 6. The van der Waals surface area contributed by atoms with Gasteiger partial charge in [0.05, 0.1) is 19.9 Å². The summed E-state index contributed by atoms with van der Waals surface area (Å²) in [7, 11) is 3.27. The van der Waals surface area contributed by atoms with Crippen LogP contribution in [0.25, 0.3) is 0 Å². The molecular weight excluding hydrogens is 272 g/mol. The molecule has 0 aliphatic carbocycles. The first-order valence-corrected chi connectivity index (χ1v) is 7.29. The van der Waals surface area contributed by atoms with Gasteiger partial charge in [0.25, 0.3) is 0 Å². The molecule has 0 fully saturated rings. The number of nitrogens with zero attached hydrogens (tertiary/aromatic N) is 1. The number of ether oxygens (including phenoxy) is 2. The van der Waals surface area contributed by atoms with Crippen LogP contribution in [0.5, 0.6) is 11.5 Å². The molecule has 0 amide bonds. The molecule has 2 aromatic heterocycles. The number of aryl methyl sites for hydroxylation is 2. The van der Waals surface area contributed by atoms with E-state index in [4.69, 9.17) is 9.47 Å². The molecule has 0 unspecified atom stereocenters. The summed E-state index contributed by atoms with van der Waals surface area (Å²) in [4.78, 5) is 7.06. The van der Waals surface area contributed by atoms with Gasteiger partial charge in [0.2, 0.25) is 0 Å².